The average Bonchev–Trinajstić information content (AvgIpc) is 3.11. The minimum Gasteiger partial charge on any atom is -0.430 e. The van der Waals surface area contributed by atoms with Crippen LogP contribution in [-0.4, -0.2) is 47.9 Å². The average molecular weight is 469 g/mol. The lowest BCUT2D eigenvalue weighted by Gasteiger charge is -2.18. The van der Waals surface area contributed by atoms with Gasteiger partial charge in [-0.05, 0) is 37.1 Å². The molecule has 1 aliphatic carbocycles. The van der Waals surface area contributed by atoms with Gasteiger partial charge >= 0.3 is 12.3 Å². The first-order valence-corrected chi connectivity index (χ1v) is 11.2. The van der Waals surface area contributed by atoms with E-state index >= 15 is 0 Å². The van der Waals surface area contributed by atoms with Crippen LogP contribution < -0.4 is 10.6 Å². The van der Waals surface area contributed by atoms with Crippen LogP contribution in [0.4, 0.5) is 18.0 Å². The number of ether oxygens (including phenoxy) is 1. The van der Waals surface area contributed by atoms with Crippen LogP contribution in [0.3, 0.4) is 0 Å². The van der Waals surface area contributed by atoms with Gasteiger partial charge < -0.3 is 10.1 Å². The first kappa shape index (κ1) is 22.1. The molecule has 2 fully saturated rings. The molecule has 0 bridgehead atoms. The van der Waals surface area contributed by atoms with Gasteiger partial charge in [0.15, 0.2) is 16.1 Å². The highest BCUT2D eigenvalue weighted by Gasteiger charge is 2.46. The highest BCUT2D eigenvalue weighted by molar-refractivity contribution is 7.92. The number of alkyl halides is 3. The minimum atomic E-state index is -4.91. The summed E-state index contributed by atoms with van der Waals surface area (Å²) in [5.41, 5.74) is -2.19. The number of benzene rings is 1. The van der Waals surface area contributed by atoms with Gasteiger partial charge in [-0.15, -0.1) is 0 Å². The summed E-state index contributed by atoms with van der Waals surface area (Å²) in [4.78, 5) is 11.1. The predicted molar refractivity (Wildman–Crippen MR) is 103 cm³/mol. The summed E-state index contributed by atoms with van der Waals surface area (Å²) >= 11 is 0. The van der Waals surface area contributed by atoms with Gasteiger partial charge in [0.25, 0.3) is 0 Å². The molecule has 13 heteroatoms. The number of carbonyl (C=O) groups excluding carboxylic acids is 1. The maximum Gasteiger partial charge on any atom is 0.417 e. The van der Waals surface area contributed by atoms with Crippen LogP contribution in [-0.2, 0) is 20.8 Å². The molecule has 0 radical (unpaired) electrons. The third-order valence-corrected chi connectivity index (χ3v) is 7.59. The third kappa shape index (κ3) is 4.28. The number of carbonyl (C=O) groups is 1. The van der Waals surface area contributed by atoms with Gasteiger partial charge in [0.05, 0.1) is 27.5 Å². The molecule has 1 saturated heterocycles. The Morgan fingerprint density at radius 1 is 1.38 bits per heavy atom. The van der Waals surface area contributed by atoms with E-state index in [1.54, 1.807) is 0 Å². The molecule has 2 aliphatic rings. The molecule has 1 saturated carbocycles. The second kappa shape index (κ2) is 7.79. The van der Waals surface area contributed by atoms with Crippen molar-refractivity contribution in [2.45, 2.75) is 47.4 Å². The van der Waals surface area contributed by atoms with Crippen molar-refractivity contribution < 1.29 is 31.1 Å². The van der Waals surface area contributed by atoms with Gasteiger partial charge in [0, 0.05) is 25.4 Å². The lowest BCUT2D eigenvalue weighted by Crippen LogP contribution is -2.40. The Hall–Kier alpha value is -3.11. The fourth-order valence-corrected chi connectivity index (χ4v) is 5.31. The zero-order chi connectivity index (χ0) is 23.1. The first-order valence-electron chi connectivity index (χ1n) is 9.63. The highest BCUT2D eigenvalue weighted by Crippen LogP contribution is 2.38. The number of nitrogens with one attached hydrogen (secondary N) is 2. The molecule has 4 rings (SSSR count). The lowest BCUT2D eigenvalue weighted by atomic mass is 10.2. The first-order chi connectivity index (χ1) is 15.0. The number of rotatable bonds is 5. The Kier molecular flexibility index (Phi) is 5.38. The Morgan fingerprint density at radius 3 is 2.72 bits per heavy atom. The van der Waals surface area contributed by atoms with Crippen molar-refractivity contribution in [2.75, 3.05) is 6.54 Å². The number of halogens is 3. The number of hydrogen-bond donors (Lipinski definition) is 2. The quantitative estimate of drug-likeness (QED) is 0.687. The third-order valence-electron chi connectivity index (χ3n) is 5.39. The molecule has 9 nitrogen and oxygen atoms in total. The Labute approximate surface area is 181 Å². The fourth-order valence-electron chi connectivity index (χ4n) is 3.47. The molecule has 2 aromatic rings. The maximum atomic E-state index is 13.7. The van der Waals surface area contributed by atoms with Gasteiger partial charge in [-0.25, -0.2) is 17.9 Å². The topological polar surface area (TPSA) is 126 Å². The van der Waals surface area contributed by atoms with Crippen molar-refractivity contribution in [1.29, 1.82) is 5.26 Å². The molecule has 1 amide bonds. The zero-order valence-electron chi connectivity index (χ0n) is 16.5. The molecule has 2 N–H and O–H groups in total. The van der Waals surface area contributed by atoms with Crippen LogP contribution >= 0.6 is 0 Å². The fraction of sp³-hybridized carbons (Fsp3) is 0.421. The molecular formula is C19H18F3N5O4S. The number of nitrogens with zero attached hydrogens (tertiary/aromatic N) is 3. The zero-order valence-corrected chi connectivity index (χ0v) is 17.3. The molecule has 32 heavy (non-hydrogen) atoms. The summed E-state index contributed by atoms with van der Waals surface area (Å²) in [6.07, 6.45) is -3.24. The van der Waals surface area contributed by atoms with E-state index in [0.717, 1.165) is 12.1 Å². The van der Waals surface area contributed by atoms with Crippen LogP contribution in [0.5, 0.6) is 0 Å². The summed E-state index contributed by atoms with van der Waals surface area (Å²) in [6, 6.07) is 6.38. The van der Waals surface area contributed by atoms with E-state index in [0.29, 0.717) is 12.8 Å². The van der Waals surface area contributed by atoms with Gasteiger partial charge in [0.1, 0.15) is 5.54 Å². The molecule has 170 valence electrons. The molecule has 1 aromatic carbocycles. The summed E-state index contributed by atoms with van der Waals surface area (Å²) in [5, 5.41) is 16.7. The minimum absolute atomic E-state index is 0.0650. The standard InChI is InChI=1S/C19H18F3N5O4S/c20-19(21,22)14-8-12(27-7-1-6-25-27)2-3-15(14)32(29,30)13-9-16(24-10-13)31-17(28)26-18(11-23)4-5-18/h1-3,6-8,13,16,24H,4-5,9-10H2,(H,26,28)/t13-,16+/m1/s1. The number of amides is 1. The summed E-state index contributed by atoms with van der Waals surface area (Å²) in [6.45, 7) is -0.193. The number of aromatic nitrogens is 2. The van der Waals surface area contributed by atoms with Crippen LogP contribution in [0, 0.1) is 11.3 Å². The van der Waals surface area contributed by atoms with Crippen molar-refractivity contribution in [3.05, 3.63) is 42.2 Å². The van der Waals surface area contributed by atoms with Crippen molar-refractivity contribution in [3.8, 4) is 11.8 Å². The van der Waals surface area contributed by atoms with E-state index in [2.05, 4.69) is 15.7 Å². The number of alkyl carbamates (subject to hydrolysis) is 1. The molecule has 2 atom stereocenters. The second-order valence-corrected chi connectivity index (χ2v) is 9.85. The van der Waals surface area contributed by atoms with Crippen LogP contribution in [0.25, 0.3) is 5.69 Å². The molecule has 2 heterocycles. The molecule has 0 unspecified atom stereocenters. The van der Waals surface area contributed by atoms with E-state index in [4.69, 9.17) is 10.00 Å². The van der Waals surface area contributed by atoms with Gasteiger partial charge in [0.2, 0.25) is 0 Å². The summed E-state index contributed by atoms with van der Waals surface area (Å²) < 4.78 is 73.6. The largest absolute Gasteiger partial charge is 0.430 e. The van der Waals surface area contributed by atoms with Crippen LogP contribution in [0.15, 0.2) is 41.6 Å². The van der Waals surface area contributed by atoms with Crippen molar-refractivity contribution >= 4 is 15.9 Å². The molecule has 1 aliphatic heterocycles. The highest BCUT2D eigenvalue weighted by atomic mass is 32.2. The maximum absolute atomic E-state index is 13.7. The monoisotopic (exact) mass is 469 g/mol. The van der Waals surface area contributed by atoms with E-state index in [-0.39, 0.29) is 18.7 Å². The second-order valence-electron chi connectivity index (χ2n) is 7.65. The van der Waals surface area contributed by atoms with E-state index < -0.39 is 49.6 Å². The van der Waals surface area contributed by atoms with Crippen molar-refractivity contribution in [1.82, 2.24) is 20.4 Å². The van der Waals surface area contributed by atoms with Crippen molar-refractivity contribution in [2.24, 2.45) is 0 Å². The summed E-state index contributed by atoms with van der Waals surface area (Å²) in [5.74, 6) is 0. The summed E-state index contributed by atoms with van der Waals surface area (Å²) in [7, 11) is -4.41. The van der Waals surface area contributed by atoms with Crippen LogP contribution in [0.2, 0.25) is 0 Å². The van der Waals surface area contributed by atoms with E-state index in [9.17, 15) is 26.4 Å². The normalized spacial score (nSPS) is 22.2. The number of sulfone groups is 1. The molecule has 0 spiro atoms. The van der Waals surface area contributed by atoms with Gasteiger partial charge in [-0.3, -0.25) is 5.32 Å². The predicted octanol–water partition coefficient (Wildman–Crippen LogP) is 2.14. The van der Waals surface area contributed by atoms with Gasteiger partial charge in [-0.2, -0.15) is 23.5 Å². The molecule has 1 aromatic heterocycles. The number of hydrogen-bond acceptors (Lipinski definition) is 7. The Balaban J connectivity index is 1.53. The van der Waals surface area contributed by atoms with E-state index in [1.165, 1.54) is 29.2 Å². The van der Waals surface area contributed by atoms with Crippen molar-refractivity contribution in [3.63, 3.8) is 0 Å². The Bertz CT molecular complexity index is 1170. The smallest absolute Gasteiger partial charge is 0.417 e. The number of nitriles is 1. The molecular weight excluding hydrogens is 451 g/mol. The lowest BCUT2D eigenvalue weighted by molar-refractivity contribution is -0.139. The van der Waals surface area contributed by atoms with Gasteiger partial charge in [-0.1, -0.05) is 0 Å². The Morgan fingerprint density at radius 2 is 2.12 bits per heavy atom. The SMILES string of the molecule is N#CC1(NC(=O)O[C@H]2C[C@@H](S(=O)(=O)c3ccc(-n4cccn4)cc3C(F)(F)F)CN2)CC1. The van der Waals surface area contributed by atoms with E-state index in [1.807, 2.05) is 6.07 Å². The van der Waals surface area contributed by atoms with Crippen LogP contribution in [0.1, 0.15) is 24.8 Å².